The van der Waals surface area contributed by atoms with Crippen LogP contribution in [0.2, 0.25) is 0 Å². The molecule has 2 saturated carbocycles. The lowest BCUT2D eigenvalue weighted by Gasteiger charge is -2.47. The highest BCUT2D eigenvalue weighted by atomic mass is 32.2. The third kappa shape index (κ3) is 4.65. The second-order valence-corrected chi connectivity index (χ2v) is 9.87. The zero-order valence-electron chi connectivity index (χ0n) is 15.8. The molecule has 0 aromatic heterocycles. The molecule has 0 spiro atoms. The van der Waals surface area contributed by atoms with Crippen molar-refractivity contribution in [3.8, 4) is 0 Å². The van der Waals surface area contributed by atoms with E-state index in [2.05, 4.69) is 0 Å². The van der Waals surface area contributed by atoms with Crippen LogP contribution in [0.1, 0.15) is 39.0 Å². The summed E-state index contributed by atoms with van der Waals surface area (Å²) in [7, 11) is -4.14. The summed E-state index contributed by atoms with van der Waals surface area (Å²) >= 11 is 0. The molecule has 1 saturated heterocycles. The molecule has 8 atom stereocenters. The van der Waals surface area contributed by atoms with Crippen molar-refractivity contribution in [3.63, 3.8) is 0 Å². The molecule has 11 heteroatoms. The second-order valence-electron chi connectivity index (χ2n) is 8.24. The lowest BCUT2D eigenvalue weighted by Crippen LogP contribution is -2.59. The van der Waals surface area contributed by atoms with E-state index in [0.717, 1.165) is 4.31 Å². The van der Waals surface area contributed by atoms with Crippen molar-refractivity contribution in [3.05, 3.63) is 0 Å². The normalized spacial score (nSPS) is 40.5. The monoisotopic (exact) mass is 424 g/mol. The van der Waals surface area contributed by atoms with E-state index in [1.807, 2.05) is 4.72 Å². The van der Waals surface area contributed by atoms with Gasteiger partial charge in [-0.05, 0) is 44.4 Å². The Kier molecular flexibility index (Phi) is 6.62. The van der Waals surface area contributed by atoms with Crippen LogP contribution >= 0.6 is 0 Å². The number of hydrogen-bond acceptors (Lipinski definition) is 7. The minimum absolute atomic E-state index is 0.0366. The van der Waals surface area contributed by atoms with Crippen LogP contribution < -0.4 is 4.72 Å². The highest BCUT2D eigenvalue weighted by molar-refractivity contribution is 7.88. The predicted molar refractivity (Wildman–Crippen MR) is 96.0 cm³/mol. The second kappa shape index (κ2) is 8.49. The largest absolute Gasteiger partial charge is 0.393 e. The summed E-state index contributed by atoms with van der Waals surface area (Å²) in [6.07, 6.45) is -2.44. The molecule has 3 aliphatic rings. The molecule has 0 aromatic rings. The maximum absolute atomic E-state index is 15.4. The zero-order chi connectivity index (χ0) is 20.6. The van der Waals surface area contributed by atoms with Gasteiger partial charge in [0.15, 0.2) is 0 Å². The van der Waals surface area contributed by atoms with Gasteiger partial charge in [-0.15, -0.1) is 0 Å². The summed E-state index contributed by atoms with van der Waals surface area (Å²) in [5.74, 6) is -1.32. The summed E-state index contributed by atoms with van der Waals surface area (Å²) in [5, 5.41) is 29.5. The molecule has 3 fully saturated rings. The van der Waals surface area contributed by atoms with E-state index in [0.29, 0.717) is 19.3 Å². The van der Waals surface area contributed by atoms with Gasteiger partial charge in [-0.2, -0.15) is 12.7 Å². The number of nitrogens with zero attached hydrogens (tertiary/aromatic N) is 1. The predicted octanol–water partition coefficient (Wildman–Crippen LogP) is -0.932. The molecule has 1 heterocycles. The Labute approximate surface area is 164 Å². The number of nitrogens with one attached hydrogen (secondary N) is 1. The van der Waals surface area contributed by atoms with Gasteiger partial charge in [0.25, 0.3) is 0 Å². The Morgan fingerprint density at radius 2 is 2.04 bits per heavy atom. The molecule has 28 heavy (non-hydrogen) atoms. The van der Waals surface area contributed by atoms with Crippen LogP contribution in [0.3, 0.4) is 0 Å². The van der Waals surface area contributed by atoms with Gasteiger partial charge < -0.3 is 20.1 Å². The van der Waals surface area contributed by atoms with Crippen molar-refractivity contribution >= 4 is 16.1 Å². The fourth-order valence-electron chi connectivity index (χ4n) is 4.76. The number of fused-ring (bicyclic) bond motifs is 1. The first-order valence-electron chi connectivity index (χ1n) is 9.70. The number of aliphatic hydroxyl groups excluding tert-OH is 3. The molecule has 162 valence electrons. The lowest BCUT2D eigenvalue weighted by molar-refractivity contribution is -0.121. The van der Waals surface area contributed by atoms with E-state index in [9.17, 15) is 28.5 Å². The van der Waals surface area contributed by atoms with E-state index < -0.39 is 59.1 Å². The number of aliphatic hydroxyl groups is 3. The first kappa shape index (κ1) is 21.8. The minimum Gasteiger partial charge on any atom is -0.393 e. The summed E-state index contributed by atoms with van der Waals surface area (Å²) < 4.78 is 47.8. The van der Waals surface area contributed by atoms with Crippen molar-refractivity contribution in [2.45, 2.75) is 75.7 Å². The van der Waals surface area contributed by atoms with Crippen molar-refractivity contribution in [2.24, 2.45) is 11.8 Å². The van der Waals surface area contributed by atoms with Crippen LogP contribution in [-0.2, 0) is 19.7 Å². The Morgan fingerprint density at radius 1 is 1.32 bits per heavy atom. The Morgan fingerprint density at radius 3 is 2.64 bits per heavy atom. The van der Waals surface area contributed by atoms with E-state index in [1.54, 1.807) is 6.92 Å². The van der Waals surface area contributed by atoms with Gasteiger partial charge in [-0.25, -0.2) is 9.11 Å². The molecule has 0 bridgehead atoms. The van der Waals surface area contributed by atoms with Crippen molar-refractivity contribution in [2.75, 3.05) is 13.2 Å². The Balaban J connectivity index is 1.65. The topological polar surface area (TPSA) is 136 Å². The summed E-state index contributed by atoms with van der Waals surface area (Å²) in [6.45, 7) is 1.11. The van der Waals surface area contributed by atoms with Crippen LogP contribution in [0.15, 0.2) is 0 Å². The van der Waals surface area contributed by atoms with Crippen molar-refractivity contribution in [1.82, 2.24) is 9.03 Å². The first-order valence-corrected chi connectivity index (χ1v) is 11.1. The summed E-state index contributed by atoms with van der Waals surface area (Å²) in [5.41, 5.74) is 0. The van der Waals surface area contributed by atoms with E-state index >= 15 is 4.39 Å². The average Bonchev–Trinajstić information content (AvgIpc) is 2.85. The number of alkyl halides is 1. The molecule has 3 rings (SSSR count). The Bertz CT molecular complexity index is 676. The number of hydrogen-bond donors (Lipinski definition) is 4. The third-order valence-corrected chi connectivity index (χ3v) is 7.47. The molecule has 6 unspecified atom stereocenters. The number of ether oxygens (including phenoxy) is 1. The smallest absolute Gasteiger partial charge is 0.304 e. The maximum atomic E-state index is 15.4. The van der Waals surface area contributed by atoms with Gasteiger partial charge in [-0.3, -0.25) is 4.79 Å². The van der Waals surface area contributed by atoms with Gasteiger partial charge in [0, 0.05) is 6.42 Å². The maximum Gasteiger partial charge on any atom is 0.304 e. The van der Waals surface area contributed by atoms with Crippen LogP contribution in [0.25, 0.3) is 0 Å². The number of carbonyl (C=O) groups excluding carboxylic acids is 1. The molecule has 9 nitrogen and oxygen atoms in total. The number of carbonyl (C=O) groups is 1. The molecule has 4 N–H and O–H groups in total. The highest BCUT2D eigenvalue weighted by Gasteiger charge is 2.53. The highest BCUT2D eigenvalue weighted by Crippen LogP contribution is 2.45. The molecule has 0 aromatic carbocycles. The lowest BCUT2D eigenvalue weighted by atomic mass is 9.66. The summed E-state index contributed by atoms with van der Waals surface area (Å²) in [4.78, 5) is 11.5. The molecule has 2 aliphatic carbocycles. The Hall–Kier alpha value is -0.850. The van der Waals surface area contributed by atoms with Crippen molar-refractivity contribution < 1.29 is 37.7 Å². The van der Waals surface area contributed by atoms with Crippen LogP contribution in [-0.4, -0.2) is 83.7 Å². The zero-order valence-corrected chi connectivity index (χ0v) is 16.6. The van der Waals surface area contributed by atoms with Gasteiger partial charge in [0.2, 0.25) is 5.91 Å². The number of rotatable bonds is 6. The molecular formula is C17H29FN2O7S. The third-order valence-electron chi connectivity index (χ3n) is 5.99. The average molecular weight is 424 g/mol. The summed E-state index contributed by atoms with van der Waals surface area (Å²) in [6, 6.07) is -1.30. The molecule has 1 aliphatic heterocycles. The van der Waals surface area contributed by atoms with Crippen LogP contribution in [0, 0.1) is 11.8 Å². The molecule has 0 radical (unpaired) electrons. The molecular weight excluding hydrogens is 395 g/mol. The van der Waals surface area contributed by atoms with Gasteiger partial charge in [0.05, 0.1) is 43.6 Å². The standard InChI is InChI=1S/C17H29FN2O7S/c1-9(21)4-11(22)8-27-12-3-2-10-5-14(23)17(16(18)13(10)6-12)20-7-15(24)19-28(20,25)26/h9-14,16-17,21-23H,2-8H2,1H3,(H,19,24)/t9-,10?,11-,12?,13?,14?,16?,17?/m1/s1. The van der Waals surface area contributed by atoms with Gasteiger partial charge in [-0.1, -0.05) is 0 Å². The molecule has 1 amide bonds. The van der Waals surface area contributed by atoms with Crippen molar-refractivity contribution in [1.29, 1.82) is 0 Å². The van der Waals surface area contributed by atoms with E-state index in [4.69, 9.17) is 4.74 Å². The minimum atomic E-state index is -4.14. The first-order chi connectivity index (χ1) is 13.1. The van der Waals surface area contributed by atoms with Gasteiger partial charge >= 0.3 is 10.2 Å². The number of amides is 1. The van der Waals surface area contributed by atoms with E-state index in [-0.39, 0.29) is 31.5 Å². The van der Waals surface area contributed by atoms with E-state index in [1.165, 1.54) is 0 Å². The number of halogens is 1. The fraction of sp³-hybridized carbons (Fsp3) is 0.941. The van der Waals surface area contributed by atoms with Crippen LogP contribution in [0.4, 0.5) is 4.39 Å². The fourth-order valence-corrected chi connectivity index (χ4v) is 6.10. The quantitative estimate of drug-likeness (QED) is 0.432. The SMILES string of the molecule is C[C@@H](O)C[C@@H](O)COC1CCC2CC(O)C(N3CC(=O)NS3(=O)=O)C(F)C2C1. The van der Waals surface area contributed by atoms with Crippen LogP contribution in [0.5, 0.6) is 0 Å². The van der Waals surface area contributed by atoms with Gasteiger partial charge in [0.1, 0.15) is 6.17 Å².